The van der Waals surface area contributed by atoms with Gasteiger partial charge in [-0.2, -0.15) is 13.2 Å². The Morgan fingerprint density at radius 2 is 1.87 bits per heavy atom. The molecule has 0 amide bonds. The van der Waals surface area contributed by atoms with Gasteiger partial charge in [-0.05, 0) is 61.9 Å². The summed E-state index contributed by atoms with van der Waals surface area (Å²) in [6.07, 6.45) is 5.51. The molecule has 4 aromatic rings. The van der Waals surface area contributed by atoms with E-state index in [1.807, 2.05) is 18.2 Å². The standard InChI is InChI=1S/C31H28F3N3O2/c1-38-27-12-13-35-26-11-9-21(14-24(26)27)37-17-30(18-37)15-19(16-30)6-10-23-28(36-39-29(23)20-7-8-20)22-4-2-3-5-25(22)31(32,33)34/h2-6,9-14,19-20H,7-8,15-18H2,1H3/b10-6+. The number of benzene rings is 2. The summed E-state index contributed by atoms with van der Waals surface area (Å²) in [6.45, 7) is 1.99. The highest BCUT2D eigenvalue weighted by Crippen LogP contribution is 2.54. The Bertz CT molecular complexity index is 1570. The van der Waals surface area contributed by atoms with E-state index in [0.29, 0.717) is 22.7 Å². The molecular weight excluding hydrogens is 503 g/mol. The van der Waals surface area contributed by atoms with Crippen molar-refractivity contribution in [1.82, 2.24) is 10.1 Å². The van der Waals surface area contributed by atoms with E-state index in [9.17, 15) is 13.2 Å². The maximum absolute atomic E-state index is 13.7. The molecule has 39 heavy (non-hydrogen) atoms. The number of hydrogen-bond acceptors (Lipinski definition) is 5. The van der Waals surface area contributed by atoms with Crippen molar-refractivity contribution in [2.24, 2.45) is 11.3 Å². The van der Waals surface area contributed by atoms with Gasteiger partial charge >= 0.3 is 6.18 Å². The number of pyridine rings is 1. The van der Waals surface area contributed by atoms with Crippen molar-refractivity contribution >= 4 is 22.7 Å². The largest absolute Gasteiger partial charge is 0.496 e. The first kappa shape index (κ1) is 24.2. The molecule has 2 aromatic heterocycles. The Morgan fingerprint density at radius 3 is 2.62 bits per heavy atom. The summed E-state index contributed by atoms with van der Waals surface area (Å²) in [5.41, 5.74) is 2.75. The zero-order valence-corrected chi connectivity index (χ0v) is 21.5. The van der Waals surface area contributed by atoms with Gasteiger partial charge < -0.3 is 14.2 Å². The van der Waals surface area contributed by atoms with Crippen LogP contribution >= 0.6 is 0 Å². The molecular formula is C31H28F3N3O2. The summed E-state index contributed by atoms with van der Waals surface area (Å²) in [5, 5.41) is 5.14. The van der Waals surface area contributed by atoms with Crippen LogP contribution in [0.15, 0.2) is 65.3 Å². The molecule has 0 bridgehead atoms. The minimum atomic E-state index is -4.46. The van der Waals surface area contributed by atoms with E-state index in [4.69, 9.17) is 9.26 Å². The normalized spacial score (nSPS) is 19.0. The maximum Gasteiger partial charge on any atom is 0.417 e. The van der Waals surface area contributed by atoms with Crippen LogP contribution in [-0.2, 0) is 6.18 Å². The summed E-state index contributed by atoms with van der Waals surface area (Å²) in [6, 6.07) is 13.8. The van der Waals surface area contributed by atoms with Crippen molar-refractivity contribution in [3.8, 4) is 17.0 Å². The minimum Gasteiger partial charge on any atom is -0.496 e. The van der Waals surface area contributed by atoms with Crippen LogP contribution < -0.4 is 9.64 Å². The summed E-state index contributed by atoms with van der Waals surface area (Å²) >= 11 is 0. The lowest BCUT2D eigenvalue weighted by atomic mass is 9.57. The number of nitrogens with zero attached hydrogens (tertiary/aromatic N) is 3. The summed E-state index contributed by atoms with van der Waals surface area (Å²) in [5.74, 6) is 2.17. The highest BCUT2D eigenvalue weighted by molar-refractivity contribution is 5.88. The number of alkyl halides is 3. The van der Waals surface area contributed by atoms with Crippen molar-refractivity contribution in [2.75, 3.05) is 25.1 Å². The van der Waals surface area contributed by atoms with Crippen molar-refractivity contribution in [1.29, 1.82) is 0 Å². The number of methoxy groups -OCH3 is 1. The van der Waals surface area contributed by atoms with Gasteiger partial charge in [-0.15, -0.1) is 0 Å². The fraction of sp³-hybridized carbons (Fsp3) is 0.355. The van der Waals surface area contributed by atoms with E-state index < -0.39 is 11.7 Å². The Hall–Kier alpha value is -3.81. The third-order valence-corrected chi connectivity index (χ3v) is 8.44. The van der Waals surface area contributed by atoms with Crippen LogP contribution in [0.5, 0.6) is 5.75 Å². The Balaban J connectivity index is 1.07. The van der Waals surface area contributed by atoms with Crippen LogP contribution in [0, 0.1) is 11.3 Å². The SMILES string of the molecule is COc1ccnc2ccc(N3CC4(CC(/C=C/c5c(-c6ccccc6C(F)(F)F)noc5C5CC5)C4)C3)cc12. The molecule has 1 saturated heterocycles. The third-order valence-electron chi connectivity index (χ3n) is 8.44. The molecule has 3 fully saturated rings. The average Bonchev–Trinajstić information content (AvgIpc) is 3.65. The second-order valence-corrected chi connectivity index (χ2v) is 11.2. The maximum atomic E-state index is 13.7. The van der Waals surface area contributed by atoms with Gasteiger partial charge in [-0.3, -0.25) is 4.98 Å². The Morgan fingerprint density at radius 1 is 1.08 bits per heavy atom. The first-order chi connectivity index (χ1) is 18.8. The van der Waals surface area contributed by atoms with E-state index in [1.165, 1.54) is 17.8 Å². The molecule has 3 aliphatic rings. The van der Waals surface area contributed by atoms with Crippen molar-refractivity contribution in [3.05, 3.63) is 77.7 Å². The second-order valence-electron chi connectivity index (χ2n) is 11.2. The number of rotatable bonds is 6. The molecule has 1 spiro atoms. The summed E-state index contributed by atoms with van der Waals surface area (Å²) in [7, 11) is 1.67. The van der Waals surface area contributed by atoms with Crippen molar-refractivity contribution < 1.29 is 22.4 Å². The van der Waals surface area contributed by atoms with Crippen LogP contribution in [0.1, 0.15) is 48.5 Å². The van der Waals surface area contributed by atoms with Crippen molar-refractivity contribution in [2.45, 2.75) is 37.8 Å². The monoisotopic (exact) mass is 531 g/mol. The first-order valence-electron chi connectivity index (χ1n) is 13.4. The van der Waals surface area contributed by atoms with Gasteiger partial charge in [0.15, 0.2) is 0 Å². The number of aromatic nitrogens is 2. The lowest BCUT2D eigenvalue weighted by molar-refractivity contribution is -0.137. The van der Waals surface area contributed by atoms with E-state index >= 15 is 0 Å². The van der Waals surface area contributed by atoms with Crippen LogP contribution in [0.25, 0.3) is 28.2 Å². The number of halogens is 3. The topological polar surface area (TPSA) is 51.4 Å². The molecule has 0 radical (unpaired) electrons. The number of ether oxygens (including phenoxy) is 1. The number of allylic oxidation sites excluding steroid dienone is 1. The zero-order valence-electron chi connectivity index (χ0n) is 21.5. The molecule has 1 aliphatic heterocycles. The van der Waals surface area contributed by atoms with Gasteiger partial charge in [-0.1, -0.05) is 35.5 Å². The average molecular weight is 532 g/mol. The fourth-order valence-electron chi connectivity index (χ4n) is 6.35. The van der Waals surface area contributed by atoms with Gasteiger partial charge in [0, 0.05) is 52.8 Å². The second kappa shape index (κ2) is 8.86. The van der Waals surface area contributed by atoms with E-state index in [1.54, 1.807) is 19.4 Å². The zero-order chi connectivity index (χ0) is 26.8. The van der Waals surface area contributed by atoms with E-state index in [2.05, 4.69) is 33.2 Å². The molecule has 2 aliphatic carbocycles. The molecule has 7 rings (SSSR count). The Kier molecular flexibility index (Phi) is 5.51. The van der Waals surface area contributed by atoms with Gasteiger partial charge in [0.2, 0.25) is 0 Å². The number of fused-ring (bicyclic) bond motifs is 1. The first-order valence-corrected chi connectivity index (χ1v) is 13.4. The van der Waals surface area contributed by atoms with E-state index in [0.717, 1.165) is 61.5 Å². The lowest BCUT2D eigenvalue weighted by Crippen LogP contribution is -2.62. The third kappa shape index (κ3) is 4.26. The van der Waals surface area contributed by atoms with Crippen LogP contribution in [0.2, 0.25) is 0 Å². The Labute approximate surface area is 224 Å². The number of anilines is 1. The van der Waals surface area contributed by atoms with Crippen LogP contribution in [0.4, 0.5) is 18.9 Å². The molecule has 2 saturated carbocycles. The van der Waals surface area contributed by atoms with E-state index in [-0.39, 0.29) is 17.2 Å². The van der Waals surface area contributed by atoms with Gasteiger partial charge in [0.25, 0.3) is 0 Å². The highest BCUT2D eigenvalue weighted by atomic mass is 19.4. The van der Waals surface area contributed by atoms with Gasteiger partial charge in [-0.25, -0.2) is 0 Å². The van der Waals surface area contributed by atoms with Crippen LogP contribution in [-0.4, -0.2) is 30.3 Å². The van der Waals surface area contributed by atoms with Crippen molar-refractivity contribution in [3.63, 3.8) is 0 Å². The van der Waals surface area contributed by atoms with Gasteiger partial charge in [0.05, 0.1) is 18.2 Å². The predicted molar refractivity (Wildman–Crippen MR) is 144 cm³/mol. The summed E-state index contributed by atoms with van der Waals surface area (Å²) in [4.78, 5) is 6.82. The molecule has 0 atom stereocenters. The quantitative estimate of drug-likeness (QED) is 0.255. The molecule has 5 nitrogen and oxygen atoms in total. The van der Waals surface area contributed by atoms with Crippen LogP contribution in [0.3, 0.4) is 0 Å². The predicted octanol–water partition coefficient (Wildman–Crippen LogP) is 7.72. The highest BCUT2D eigenvalue weighted by Gasteiger charge is 2.51. The lowest BCUT2D eigenvalue weighted by Gasteiger charge is -2.59. The smallest absolute Gasteiger partial charge is 0.417 e. The van der Waals surface area contributed by atoms with Gasteiger partial charge in [0.1, 0.15) is 17.2 Å². The molecule has 3 heterocycles. The minimum absolute atomic E-state index is 0.0715. The number of hydrogen-bond donors (Lipinski definition) is 0. The molecule has 0 N–H and O–H groups in total. The fourth-order valence-corrected chi connectivity index (χ4v) is 6.35. The molecule has 8 heteroatoms. The summed E-state index contributed by atoms with van der Waals surface area (Å²) < 4.78 is 52.3. The molecule has 0 unspecified atom stereocenters. The molecule has 2 aromatic carbocycles. The molecule has 200 valence electrons.